The molecule has 6 atom stereocenters. The van der Waals surface area contributed by atoms with E-state index in [-0.39, 0.29) is 24.1 Å². The predicted molar refractivity (Wildman–Crippen MR) is 151 cm³/mol. The number of anilines is 1. The van der Waals surface area contributed by atoms with Gasteiger partial charge in [-0.2, -0.15) is 13.2 Å². The highest BCUT2D eigenvalue weighted by Crippen LogP contribution is 2.38. The van der Waals surface area contributed by atoms with Crippen molar-refractivity contribution in [3.05, 3.63) is 47.9 Å². The summed E-state index contributed by atoms with van der Waals surface area (Å²) in [4.78, 5) is 68.8. The molecule has 0 radical (unpaired) electrons. The highest BCUT2D eigenvalue weighted by molar-refractivity contribution is 6.04. The summed E-state index contributed by atoms with van der Waals surface area (Å²) < 4.78 is 69.6. The molecular weight excluding hydrogens is 637 g/mol. The number of rotatable bonds is 9. The Morgan fingerprint density at radius 2 is 1.64 bits per heavy atom. The van der Waals surface area contributed by atoms with Crippen LogP contribution in [0.1, 0.15) is 51.4 Å². The number of halogens is 3. The number of nitrogens with zero attached hydrogens (tertiary/aromatic N) is 3. The first-order valence-corrected chi connectivity index (χ1v) is 14.0. The zero-order valence-corrected chi connectivity index (χ0v) is 25.4. The Bertz CT molecular complexity index is 1530. The van der Waals surface area contributed by atoms with E-state index in [0.717, 1.165) is 37.2 Å². The Balaban J connectivity index is 1.82. The number of amides is 2. The molecule has 1 unspecified atom stereocenters. The number of benzene rings is 1. The number of imidazole rings is 1. The van der Waals surface area contributed by atoms with E-state index in [4.69, 9.17) is 23.7 Å². The summed E-state index contributed by atoms with van der Waals surface area (Å²) in [5, 5.41) is 7.07. The summed E-state index contributed by atoms with van der Waals surface area (Å²) in [6, 6.07) is 7.08. The molecule has 1 saturated heterocycles. The van der Waals surface area contributed by atoms with Crippen LogP contribution in [0.5, 0.6) is 0 Å². The second kappa shape index (κ2) is 14.6. The number of fused-ring (bicyclic) bond motifs is 1. The Morgan fingerprint density at radius 1 is 0.979 bits per heavy atom. The highest BCUT2D eigenvalue weighted by atomic mass is 19.4. The number of hydrogen-bond donors (Lipinski definition) is 3. The molecule has 1 aromatic carbocycles. The van der Waals surface area contributed by atoms with E-state index in [1.807, 2.05) is 6.07 Å². The number of hydrogen-bond acceptors (Lipinski definition) is 13. The minimum atomic E-state index is -5.40. The molecule has 2 aromatic rings. The van der Waals surface area contributed by atoms with Gasteiger partial charge >= 0.3 is 30.0 Å². The topological polar surface area (TPSA) is 198 Å². The lowest BCUT2D eigenvalue weighted by atomic mass is 9.94. The van der Waals surface area contributed by atoms with Gasteiger partial charge in [0.25, 0.3) is 0 Å². The monoisotopic (exact) mass is 668 g/mol. The van der Waals surface area contributed by atoms with Gasteiger partial charge in [0.05, 0.1) is 12.9 Å². The van der Waals surface area contributed by atoms with Crippen molar-refractivity contribution in [1.82, 2.24) is 20.2 Å². The summed E-state index contributed by atoms with van der Waals surface area (Å²) in [7, 11) is 0. The van der Waals surface area contributed by atoms with Crippen molar-refractivity contribution in [1.29, 1.82) is 0 Å². The molecular formula is C28H31F3N6O10. The number of aliphatic imine (C=N–C) groups is 1. The number of ether oxygens (including phenoxy) is 5. The van der Waals surface area contributed by atoms with Gasteiger partial charge in [0.1, 0.15) is 30.3 Å². The van der Waals surface area contributed by atoms with Crippen molar-refractivity contribution >= 4 is 41.5 Å². The lowest BCUT2D eigenvalue weighted by Crippen LogP contribution is -2.65. The summed E-state index contributed by atoms with van der Waals surface area (Å²) in [5.74, 6) is -5.82. The van der Waals surface area contributed by atoms with Crippen LogP contribution < -0.4 is 16.0 Å². The second-order valence-corrected chi connectivity index (χ2v) is 10.3. The van der Waals surface area contributed by atoms with Crippen LogP contribution in [0.15, 0.2) is 41.7 Å². The molecule has 254 valence electrons. The largest absolute Gasteiger partial charge is 0.471 e. The summed E-state index contributed by atoms with van der Waals surface area (Å²) in [6.07, 6.45) is -12.0. The molecule has 19 heteroatoms. The van der Waals surface area contributed by atoms with Crippen molar-refractivity contribution in [3.63, 3.8) is 0 Å². The van der Waals surface area contributed by atoms with Crippen LogP contribution in [-0.2, 0) is 54.3 Å². The van der Waals surface area contributed by atoms with Gasteiger partial charge in [-0.1, -0.05) is 30.3 Å². The molecule has 1 aromatic heterocycles. The highest BCUT2D eigenvalue weighted by Gasteiger charge is 2.54. The van der Waals surface area contributed by atoms with Crippen LogP contribution in [0.2, 0.25) is 0 Å². The Morgan fingerprint density at radius 3 is 2.23 bits per heavy atom. The molecule has 4 rings (SSSR count). The molecule has 3 heterocycles. The zero-order valence-electron chi connectivity index (χ0n) is 25.4. The number of alkyl halides is 3. The van der Waals surface area contributed by atoms with Crippen LogP contribution in [0.3, 0.4) is 0 Å². The fourth-order valence-electron chi connectivity index (χ4n) is 4.84. The molecule has 47 heavy (non-hydrogen) atoms. The number of esters is 3. The molecule has 3 N–H and O–H groups in total. The zero-order chi connectivity index (χ0) is 34.5. The minimum absolute atomic E-state index is 0.00295. The molecule has 0 saturated carbocycles. The number of nitrogens with one attached hydrogen (secondary N) is 3. The summed E-state index contributed by atoms with van der Waals surface area (Å²) >= 11 is 0. The lowest BCUT2D eigenvalue weighted by Gasteiger charge is -2.46. The van der Waals surface area contributed by atoms with Crippen molar-refractivity contribution in [2.45, 2.75) is 77.3 Å². The number of carbonyl (C=O) groups is 5. The third kappa shape index (κ3) is 8.82. The fourth-order valence-corrected chi connectivity index (χ4v) is 4.84. The van der Waals surface area contributed by atoms with Gasteiger partial charge in [-0.25, -0.2) is 9.98 Å². The molecule has 0 bridgehead atoms. The van der Waals surface area contributed by atoms with Crippen molar-refractivity contribution in [3.8, 4) is 0 Å². The minimum Gasteiger partial charge on any atom is -0.463 e. The van der Waals surface area contributed by atoms with Crippen LogP contribution in [0.25, 0.3) is 0 Å². The maximum absolute atomic E-state index is 13.6. The van der Waals surface area contributed by atoms with Crippen LogP contribution in [-0.4, -0.2) is 82.4 Å². The smallest absolute Gasteiger partial charge is 0.463 e. The molecule has 0 aliphatic carbocycles. The van der Waals surface area contributed by atoms with E-state index in [0.29, 0.717) is 0 Å². The van der Waals surface area contributed by atoms with Gasteiger partial charge < -0.3 is 34.3 Å². The van der Waals surface area contributed by atoms with E-state index >= 15 is 0 Å². The third-order valence-electron chi connectivity index (χ3n) is 6.63. The Labute approximate surface area is 264 Å². The number of carbonyl (C=O) groups excluding carboxylic acids is 5. The average Bonchev–Trinajstić information content (AvgIpc) is 3.40. The maximum atomic E-state index is 13.6. The summed E-state index contributed by atoms with van der Waals surface area (Å²) in [6.45, 7) is 3.66. The van der Waals surface area contributed by atoms with Crippen molar-refractivity contribution in [2.24, 2.45) is 4.99 Å². The van der Waals surface area contributed by atoms with Crippen LogP contribution in [0.4, 0.5) is 19.0 Å². The summed E-state index contributed by atoms with van der Waals surface area (Å²) in [5.41, 5.74) is 0.866. The quantitative estimate of drug-likeness (QED) is 0.257. The number of guanidine groups is 1. The average molecular weight is 669 g/mol. The lowest BCUT2D eigenvalue weighted by molar-refractivity contribution is -0.239. The first-order chi connectivity index (χ1) is 22.1. The van der Waals surface area contributed by atoms with Gasteiger partial charge in [-0.05, 0) is 5.56 Å². The molecule has 1 fully saturated rings. The van der Waals surface area contributed by atoms with Crippen molar-refractivity contribution in [2.75, 3.05) is 11.9 Å². The van der Waals surface area contributed by atoms with Gasteiger partial charge in [0.15, 0.2) is 24.7 Å². The normalized spacial score (nSPS) is 23.7. The Kier molecular flexibility index (Phi) is 10.8. The fraction of sp³-hybridized carbons (Fsp3) is 0.464. The van der Waals surface area contributed by atoms with Gasteiger partial charge in [0.2, 0.25) is 11.9 Å². The van der Waals surface area contributed by atoms with Crippen LogP contribution in [0, 0.1) is 0 Å². The van der Waals surface area contributed by atoms with E-state index < -0.39 is 79.3 Å². The van der Waals surface area contributed by atoms with E-state index in [9.17, 15) is 37.1 Å². The maximum Gasteiger partial charge on any atom is 0.471 e. The van der Waals surface area contributed by atoms with Gasteiger partial charge in [-0.15, -0.1) is 0 Å². The first-order valence-electron chi connectivity index (χ1n) is 14.0. The molecule has 2 aliphatic heterocycles. The molecule has 16 nitrogen and oxygen atoms in total. The number of aromatic nitrogens is 2. The predicted octanol–water partition coefficient (Wildman–Crippen LogP) is 1.39. The van der Waals surface area contributed by atoms with Crippen molar-refractivity contribution < 1.29 is 60.8 Å². The SMILES string of the molecule is CC(=O)NC1=NC(OCc2ccccc2)c2ncn([C@@H]3O[C@H](COC(C)=O)[C@@H](OC(C)=O)[C@H](OC(C)=O)[C@@H]3NC(=O)C(F)(F)F)c2N1. The molecule has 0 spiro atoms. The van der Waals surface area contributed by atoms with Gasteiger partial charge in [-0.3, -0.25) is 33.9 Å². The van der Waals surface area contributed by atoms with E-state index in [1.165, 1.54) is 6.92 Å². The molecule has 2 aliphatic rings. The first kappa shape index (κ1) is 34.8. The van der Waals surface area contributed by atoms with E-state index in [2.05, 4.69) is 20.6 Å². The van der Waals surface area contributed by atoms with Crippen LogP contribution >= 0.6 is 0 Å². The molecule has 2 amide bonds. The van der Waals surface area contributed by atoms with E-state index in [1.54, 1.807) is 29.6 Å². The third-order valence-corrected chi connectivity index (χ3v) is 6.63. The second-order valence-electron chi connectivity index (χ2n) is 10.3. The standard InChI is InChI=1S/C28H31F3N6O10/c1-13(38)33-27-35-23-20(24(36-27)44-10-17-8-6-5-7-9-17)32-12-37(23)25-19(34-26(42)28(29,30)31)22(46-16(4)41)21(45-15(3)40)18(47-25)11-43-14(2)39/h5-9,12,18-19,21-22,24-25H,10-11H2,1-4H3,(H,34,42)(H2,33,35,36,38)/t18-,19+,21-,22-,24?,25-/m1/s1. The Hall–Kier alpha value is -5.04. The van der Waals surface area contributed by atoms with Gasteiger partial charge in [0, 0.05) is 27.7 Å².